The molecule has 0 amide bonds. The van der Waals surface area contributed by atoms with Crippen LogP contribution in [0.15, 0.2) is 6.20 Å². The van der Waals surface area contributed by atoms with Crippen LogP contribution in [0.4, 0.5) is 5.95 Å². The number of hydrogen-bond acceptors (Lipinski definition) is 5. The molecule has 0 radical (unpaired) electrons. The zero-order valence-electron chi connectivity index (χ0n) is 7.43. The molecule has 72 valence electrons. The van der Waals surface area contributed by atoms with Gasteiger partial charge in [-0.3, -0.25) is 5.10 Å². The predicted octanol–water partition coefficient (Wildman–Crippen LogP) is -0.515. The molecule has 0 spiro atoms. The van der Waals surface area contributed by atoms with E-state index in [9.17, 15) is 0 Å². The average molecular weight is 191 g/mol. The molecule has 0 atom stereocenters. The number of aromatic amines is 2. The van der Waals surface area contributed by atoms with Gasteiger partial charge >= 0.3 is 0 Å². The van der Waals surface area contributed by atoms with Gasteiger partial charge in [-0.25, -0.2) is 0 Å². The summed E-state index contributed by atoms with van der Waals surface area (Å²) in [5.74, 6) is 0.650. The molecule has 0 saturated heterocycles. The fraction of sp³-hybridized carbons (Fsp3) is 0.429. The molecule has 7 heteroatoms. The molecule has 7 nitrogen and oxygen atoms in total. The number of fused-ring (bicyclic) bond motifs is 1. The van der Waals surface area contributed by atoms with Gasteiger partial charge in [0.05, 0.1) is 6.20 Å². The number of aromatic nitrogens is 6. The van der Waals surface area contributed by atoms with Crippen molar-refractivity contribution in [1.82, 2.24) is 30.8 Å². The van der Waals surface area contributed by atoms with E-state index in [0.717, 1.165) is 19.5 Å². The van der Waals surface area contributed by atoms with Gasteiger partial charge < -0.3 is 4.90 Å². The second kappa shape index (κ2) is 2.79. The number of nitrogens with one attached hydrogen (secondary N) is 2. The van der Waals surface area contributed by atoms with Crippen molar-refractivity contribution in [2.45, 2.75) is 13.0 Å². The van der Waals surface area contributed by atoms with Gasteiger partial charge in [-0.1, -0.05) is 5.10 Å². The van der Waals surface area contributed by atoms with Crippen molar-refractivity contribution in [3.05, 3.63) is 17.5 Å². The van der Waals surface area contributed by atoms with Crippen molar-refractivity contribution in [3.8, 4) is 0 Å². The lowest BCUT2D eigenvalue weighted by Crippen LogP contribution is -2.30. The van der Waals surface area contributed by atoms with Crippen LogP contribution in [0.3, 0.4) is 0 Å². The van der Waals surface area contributed by atoms with Crippen molar-refractivity contribution in [2.75, 3.05) is 11.4 Å². The van der Waals surface area contributed by atoms with Crippen molar-refractivity contribution >= 4 is 5.95 Å². The molecule has 0 unspecified atom stereocenters. The van der Waals surface area contributed by atoms with Gasteiger partial charge in [-0.2, -0.15) is 10.3 Å². The molecule has 0 fully saturated rings. The fourth-order valence-electron chi connectivity index (χ4n) is 1.68. The number of H-pyrrole nitrogens is 2. The molecule has 1 aliphatic rings. The molecule has 14 heavy (non-hydrogen) atoms. The minimum absolute atomic E-state index is 0.650. The first kappa shape index (κ1) is 7.48. The molecule has 2 aromatic rings. The van der Waals surface area contributed by atoms with E-state index in [-0.39, 0.29) is 0 Å². The maximum absolute atomic E-state index is 4.00. The SMILES string of the molecule is c1n[nH]c2c1CN(c1nn[nH]n1)CC2. The first-order valence-corrected chi connectivity index (χ1v) is 4.43. The lowest BCUT2D eigenvalue weighted by atomic mass is 10.1. The Labute approximate surface area is 79.5 Å². The van der Waals surface area contributed by atoms with E-state index >= 15 is 0 Å². The highest BCUT2D eigenvalue weighted by Crippen LogP contribution is 2.18. The van der Waals surface area contributed by atoms with Gasteiger partial charge in [0.25, 0.3) is 5.95 Å². The van der Waals surface area contributed by atoms with Crippen molar-refractivity contribution in [3.63, 3.8) is 0 Å². The number of nitrogens with zero attached hydrogens (tertiary/aromatic N) is 5. The molecule has 1 aliphatic heterocycles. The molecule has 0 bridgehead atoms. The lowest BCUT2D eigenvalue weighted by Gasteiger charge is -2.24. The van der Waals surface area contributed by atoms with Gasteiger partial charge in [-0.15, -0.1) is 5.10 Å². The van der Waals surface area contributed by atoms with Crippen molar-refractivity contribution in [1.29, 1.82) is 0 Å². The summed E-state index contributed by atoms with van der Waals surface area (Å²) in [4.78, 5) is 2.07. The summed E-state index contributed by atoms with van der Waals surface area (Å²) < 4.78 is 0. The van der Waals surface area contributed by atoms with E-state index in [4.69, 9.17) is 0 Å². The van der Waals surface area contributed by atoms with E-state index in [1.165, 1.54) is 11.3 Å². The van der Waals surface area contributed by atoms with Crippen LogP contribution < -0.4 is 4.90 Å². The van der Waals surface area contributed by atoms with Crippen LogP contribution in [-0.4, -0.2) is 37.4 Å². The largest absolute Gasteiger partial charge is 0.333 e. The molecule has 2 N–H and O–H groups in total. The average Bonchev–Trinajstić information content (AvgIpc) is 2.88. The zero-order valence-corrected chi connectivity index (χ0v) is 7.43. The topological polar surface area (TPSA) is 86.4 Å². The monoisotopic (exact) mass is 191 g/mol. The smallest absolute Gasteiger partial charge is 0.266 e. The highest BCUT2D eigenvalue weighted by molar-refractivity contribution is 5.34. The summed E-state index contributed by atoms with van der Waals surface area (Å²) in [6.07, 6.45) is 2.80. The number of rotatable bonds is 1. The Bertz CT molecular complexity index is 417. The van der Waals surface area contributed by atoms with E-state index in [1.54, 1.807) is 0 Å². The lowest BCUT2D eigenvalue weighted by molar-refractivity contribution is 0.699. The molecular weight excluding hydrogens is 182 g/mol. The summed E-state index contributed by atoms with van der Waals surface area (Å²) in [5, 5.41) is 20.9. The van der Waals surface area contributed by atoms with Crippen molar-refractivity contribution in [2.24, 2.45) is 0 Å². The first-order chi connectivity index (χ1) is 6.93. The maximum atomic E-state index is 4.00. The van der Waals surface area contributed by atoms with Crippen LogP contribution in [0.25, 0.3) is 0 Å². The summed E-state index contributed by atoms with van der Waals surface area (Å²) in [7, 11) is 0. The first-order valence-electron chi connectivity index (χ1n) is 4.43. The molecule has 0 saturated carbocycles. The molecular formula is C7H9N7. The molecule has 0 aliphatic carbocycles. The molecule has 3 rings (SSSR count). The van der Waals surface area contributed by atoms with Crippen molar-refractivity contribution < 1.29 is 0 Å². The van der Waals surface area contributed by atoms with Crippen LogP contribution >= 0.6 is 0 Å². The Morgan fingerprint density at radius 2 is 2.43 bits per heavy atom. The molecule has 0 aromatic carbocycles. The Morgan fingerprint density at radius 3 is 3.29 bits per heavy atom. The summed E-state index contributed by atoms with van der Waals surface area (Å²) >= 11 is 0. The van der Waals surface area contributed by atoms with Crippen LogP contribution in [-0.2, 0) is 13.0 Å². The van der Waals surface area contributed by atoms with Crippen LogP contribution in [0, 0.1) is 0 Å². The Hall–Kier alpha value is -1.92. The Balaban J connectivity index is 1.88. The number of tetrazole rings is 1. The van der Waals surface area contributed by atoms with Gasteiger partial charge in [0.2, 0.25) is 0 Å². The quantitative estimate of drug-likeness (QED) is 0.633. The summed E-state index contributed by atoms with van der Waals surface area (Å²) in [6.45, 7) is 1.69. The van der Waals surface area contributed by atoms with E-state index in [0.29, 0.717) is 5.95 Å². The van der Waals surface area contributed by atoms with Gasteiger partial charge in [-0.05, 0) is 5.21 Å². The zero-order chi connectivity index (χ0) is 9.38. The van der Waals surface area contributed by atoms with Gasteiger partial charge in [0.15, 0.2) is 0 Å². The molecule has 2 aromatic heterocycles. The van der Waals surface area contributed by atoms with Crippen LogP contribution in [0.2, 0.25) is 0 Å². The second-order valence-electron chi connectivity index (χ2n) is 3.26. The summed E-state index contributed by atoms with van der Waals surface area (Å²) in [6, 6.07) is 0. The highest BCUT2D eigenvalue weighted by Gasteiger charge is 2.20. The number of anilines is 1. The Kier molecular flexibility index (Phi) is 1.49. The normalized spacial score (nSPS) is 15.6. The highest BCUT2D eigenvalue weighted by atomic mass is 15.5. The second-order valence-corrected chi connectivity index (χ2v) is 3.26. The minimum atomic E-state index is 0.650. The fourth-order valence-corrected chi connectivity index (χ4v) is 1.68. The Morgan fingerprint density at radius 1 is 1.43 bits per heavy atom. The maximum Gasteiger partial charge on any atom is 0.266 e. The third kappa shape index (κ3) is 1.05. The standard InChI is InChI=1S/C7H9N7/c1-2-14(7-10-12-13-11-7)4-5-3-8-9-6(1)5/h3H,1-2,4H2,(H,8,9)(H,10,11,12,13). The predicted molar refractivity (Wildman–Crippen MR) is 47.5 cm³/mol. The van der Waals surface area contributed by atoms with Gasteiger partial charge in [0.1, 0.15) is 0 Å². The minimum Gasteiger partial charge on any atom is -0.333 e. The van der Waals surface area contributed by atoms with Crippen LogP contribution in [0.1, 0.15) is 11.3 Å². The van der Waals surface area contributed by atoms with Gasteiger partial charge in [0, 0.05) is 30.8 Å². The molecule has 3 heterocycles. The number of hydrogen-bond donors (Lipinski definition) is 2. The van der Waals surface area contributed by atoms with E-state index < -0.39 is 0 Å². The van der Waals surface area contributed by atoms with E-state index in [2.05, 4.69) is 35.7 Å². The third-order valence-corrected chi connectivity index (χ3v) is 2.42. The van der Waals surface area contributed by atoms with E-state index in [1.807, 2.05) is 6.20 Å². The van der Waals surface area contributed by atoms with Crippen LogP contribution in [0.5, 0.6) is 0 Å². The third-order valence-electron chi connectivity index (χ3n) is 2.42. The summed E-state index contributed by atoms with van der Waals surface area (Å²) in [5.41, 5.74) is 2.42.